The first kappa shape index (κ1) is 13.9. The first-order valence-electron chi connectivity index (χ1n) is 8.00. The highest BCUT2D eigenvalue weighted by molar-refractivity contribution is 5.34. The van der Waals surface area contributed by atoms with Crippen LogP contribution in [0.5, 0.6) is 5.75 Å². The average Bonchev–Trinajstić information content (AvgIpc) is 3.22. The third kappa shape index (κ3) is 2.05. The summed E-state index contributed by atoms with van der Waals surface area (Å²) in [6.45, 7) is 8.45. The zero-order valence-electron chi connectivity index (χ0n) is 12.9. The van der Waals surface area contributed by atoms with Gasteiger partial charge in [-0.3, -0.25) is 0 Å². The maximum Gasteiger partial charge on any atom is 0.122 e. The van der Waals surface area contributed by atoms with Gasteiger partial charge in [-0.05, 0) is 55.6 Å². The third-order valence-electron chi connectivity index (χ3n) is 5.70. The van der Waals surface area contributed by atoms with Crippen LogP contribution in [-0.2, 0) is 11.2 Å². The van der Waals surface area contributed by atoms with E-state index in [2.05, 4.69) is 38.1 Å². The Morgan fingerprint density at radius 2 is 2.05 bits per heavy atom. The van der Waals surface area contributed by atoms with Gasteiger partial charge >= 0.3 is 0 Å². The molecule has 3 unspecified atom stereocenters. The van der Waals surface area contributed by atoms with Crippen LogP contribution in [0.2, 0.25) is 0 Å². The van der Waals surface area contributed by atoms with Crippen molar-refractivity contribution < 1.29 is 9.47 Å². The molecule has 20 heavy (non-hydrogen) atoms. The molecule has 1 heterocycles. The summed E-state index contributed by atoms with van der Waals surface area (Å²) in [4.78, 5) is 0. The highest BCUT2D eigenvalue weighted by Crippen LogP contribution is 2.61. The van der Waals surface area contributed by atoms with Gasteiger partial charge in [0, 0.05) is 0 Å². The van der Waals surface area contributed by atoms with E-state index in [0.29, 0.717) is 11.3 Å². The summed E-state index contributed by atoms with van der Waals surface area (Å²) in [7, 11) is 0. The fourth-order valence-corrected chi connectivity index (χ4v) is 4.07. The zero-order chi connectivity index (χ0) is 14.2. The summed E-state index contributed by atoms with van der Waals surface area (Å²) in [6, 6.07) is 8.48. The summed E-state index contributed by atoms with van der Waals surface area (Å²) in [5.74, 6) is 1.70. The SMILES string of the molecule is CCOc1ccccc1CC1CCC(C)(CC)C12CO2. The van der Waals surface area contributed by atoms with E-state index in [1.165, 1.54) is 24.8 Å². The van der Waals surface area contributed by atoms with Crippen molar-refractivity contribution in [3.8, 4) is 5.75 Å². The summed E-state index contributed by atoms with van der Waals surface area (Å²) < 4.78 is 11.8. The summed E-state index contributed by atoms with van der Waals surface area (Å²) in [5.41, 5.74) is 1.87. The molecule has 0 radical (unpaired) electrons. The molecule has 110 valence electrons. The van der Waals surface area contributed by atoms with Crippen LogP contribution in [0.4, 0.5) is 0 Å². The molecule has 2 aliphatic rings. The molecular formula is C18H26O2. The van der Waals surface area contributed by atoms with Gasteiger partial charge in [0.1, 0.15) is 11.4 Å². The van der Waals surface area contributed by atoms with E-state index in [1.54, 1.807) is 0 Å². The van der Waals surface area contributed by atoms with Crippen molar-refractivity contribution in [2.45, 2.75) is 52.1 Å². The Bertz CT molecular complexity index is 478. The lowest BCUT2D eigenvalue weighted by Crippen LogP contribution is -2.35. The summed E-state index contributed by atoms with van der Waals surface area (Å²) >= 11 is 0. The Kier molecular flexibility index (Phi) is 3.53. The van der Waals surface area contributed by atoms with E-state index in [1.807, 2.05) is 6.92 Å². The smallest absolute Gasteiger partial charge is 0.122 e. The molecule has 1 saturated heterocycles. The van der Waals surface area contributed by atoms with Gasteiger partial charge in [0.2, 0.25) is 0 Å². The number of ether oxygens (including phenoxy) is 2. The Labute approximate surface area is 122 Å². The van der Waals surface area contributed by atoms with Gasteiger partial charge < -0.3 is 9.47 Å². The van der Waals surface area contributed by atoms with Crippen molar-refractivity contribution in [3.05, 3.63) is 29.8 Å². The first-order chi connectivity index (χ1) is 9.65. The number of epoxide rings is 1. The van der Waals surface area contributed by atoms with Crippen molar-refractivity contribution in [2.75, 3.05) is 13.2 Å². The first-order valence-corrected chi connectivity index (χ1v) is 8.00. The second-order valence-electron chi connectivity index (χ2n) is 6.57. The van der Waals surface area contributed by atoms with Crippen LogP contribution in [0.3, 0.4) is 0 Å². The van der Waals surface area contributed by atoms with Crippen LogP contribution in [0.25, 0.3) is 0 Å². The fraction of sp³-hybridized carbons (Fsp3) is 0.667. The lowest BCUT2D eigenvalue weighted by Gasteiger charge is -2.30. The standard InChI is InChI=1S/C18H26O2/c1-4-17(3)11-10-15(18(17)13-20-18)12-14-8-6-7-9-16(14)19-5-2/h6-9,15H,4-5,10-13H2,1-3H3. The molecule has 0 bridgehead atoms. The van der Waals surface area contributed by atoms with E-state index in [4.69, 9.17) is 9.47 Å². The third-order valence-corrected chi connectivity index (χ3v) is 5.70. The maximum absolute atomic E-state index is 6.01. The molecule has 1 aliphatic carbocycles. The number of hydrogen-bond donors (Lipinski definition) is 0. The largest absolute Gasteiger partial charge is 0.494 e. The van der Waals surface area contributed by atoms with Gasteiger partial charge in [0.25, 0.3) is 0 Å². The van der Waals surface area contributed by atoms with E-state index < -0.39 is 0 Å². The molecule has 2 nitrogen and oxygen atoms in total. The lowest BCUT2D eigenvalue weighted by atomic mass is 9.74. The van der Waals surface area contributed by atoms with E-state index in [-0.39, 0.29) is 5.60 Å². The van der Waals surface area contributed by atoms with Crippen molar-refractivity contribution in [2.24, 2.45) is 11.3 Å². The van der Waals surface area contributed by atoms with Gasteiger partial charge in [-0.25, -0.2) is 0 Å². The average molecular weight is 274 g/mol. The van der Waals surface area contributed by atoms with Gasteiger partial charge in [-0.2, -0.15) is 0 Å². The lowest BCUT2D eigenvalue weighted by molar-refractivity contribution is 0.115. The Hall–Kier alpha value is -1.02. The molecule has 3 rings (SSSR count). The summed E-state index contributed by atoms with van der Waals surface area (Å²) in [6.07, 6.45) is 4.89. The number of para-hydroxylation sites is 1. The molecular weight excluding hydrogens is 248 g/mol. The fourth-order valence-electron chi connectivity index (χ4n) is 4.07. The molecule has 0 amide bonds. The van der Waals surface area contributed by atoms with Gasteiger partial charge in [0.05, 0.1) is 13.2 Å². The van der Waals surface area contributed by atoms with Crippen molar-refractivity contribution >= 4 is 0 Å². The van der Waals surface area contributed by atoms with Crippen LogP contribution in [0.15, 0.2) is 24.3 Å². The van der Waals surface area contributed by atoms with Crippen LogP contribution in [-0.4, -0.2) is 18.8 Å². The van der Waals surface area contributed by atoms with E-state index >= 15 is 0 Å². The van der Waals surface area contributed by atoms with Crippen molar-refractivity contribution in [1.29, 1.82) is 0 Å². The van der Waals surface area contributed by atoms with Crippen molar-refractivity contribution in [1.82, 2.24) is 0 Å². The molecule has 0 aromatic heterocycles. The molecule has 3 atom stereocenters. The van der Waals surface area contributed by atoms with E-state index in [9.17, 15) is 0 Å². The van der Waals surface area contributed by atoms with Crippen LogP contribution < -0.4 is 4.74 Å². The van der Waals surface area contributed by atoms with Crippen LogP contribution >= 0.6 is 0 Å². The predicted octanol–water partition coefficient (Wildman–Crippen LogP) is 4.22. The second kappa shape index (κ2) is 5.07. The van der Waals surface area contributed by atoms with Gasteiger partial charge in [-0.1, -0.05) is 32.0 Å². The number of rotatable bonds is 5. The highest BCUT2D eigenvalue weighted by atomic mass is 16.6. The monoisotopic (exact) mass is 274 g/mol. The topological polar surface area (TPSA) is 21.8 Å². The van der Waals surface area contributed by atoms with Crippen LogP contribution in [0.1, 0.15) is 45.6 Å². The van der Waals surface area contributed by atoms with E-state index in [0.717, 1.165) is 25.4 Å². The van der Waals surface area contributed by atoms with Gasteiger partial charge in [0.15, 0.2) is 0 Å². The molecule has 2 heteroatoms. The minimum atomic E-state index is 0.154. The van der Waals surface area contributed by atoms with Crippen LogP contribution in [0, 0.1) is 11.3 Å². The number of benzene rings is 1. The molecule has 1 aromatic rings. The van der Waals surface area contributed by atoms with Crippen molar-refractivity contribution in [3.63, 3.8) is 0 Å². The maximum atomic E-state index is 6.01. The quantitative estimate of drug-likeness (QED) is 0.750. The Balaban J connectivity index is 1.80. The normalized spacial score (nSPS) is 35.5. The van der Waals surface area contributed by atoms with Gasteiger partial charge in [-0.15, -0.1) is 0 Å². The highest BCUT2D eigenvalue weighted by Gasteiger charge is 2.65. The molecule has 1 saturated carbocycles. The molecule has 1 aliphatic heterocycles. The molecule has 1 spiro atoms. The minimum absolute atomic E-state index is 0.154. The summed E-state index contributed by atoms with van der Waals surface area (Å²) in [5, 5.41) is 0. The number of hydrogen-bond acceptors (Lipinski definition) is 2. The molecule has 0 N–H and O–H groups in total. The Morgan fingerprint density at radius 1 is 1.30 bits per heavy atom. The Morgan fingerprint density at radius 3 is 2.70 bits per heavy atom. The zero-order valence-corrected chi connectivity index (χ0v) is 12.9. The second-order valence-corrected chi connectivity index (χ2v) is 6.57. The molecule has 2 fully saturated rings. The molecule has 1 aromatic carbocycles. The predicted molar refractivity (Wildman–Crippen MR) is 81.1 cm³/mol. The minimum Gasteiger partial charge on any atom is -0.494 e.